The number of anilines is 2. The SMILES string of the molecule is CCn1c2cc(N3CCSCC3)c(N)cc2c(=O)c2c(OC)cc(OC)cc21. The van der Waals surface area contributed by atoms with Gasteiger partial charge in [-0.1, -0.05) is 0 Å². The Hall–Kier alpha value is -2.54. The van der Waals surface area contributed by atoms with Crippen molar-refractivity contribution in [2.75, 3.05) is 49.4 Å². The fraction of sp³-hybridized carbons (Fsp3) is 0.381. The molecule has 0 amide bonds. The van der Waals surface area contributed by atoms with Crippen molar-refractivity contribution in [1.29, 1.82) is 0 Å². The molecular weight excluding hydrogens is 374 g/mol. The van der Waals surface area contributed by atoms with Crippen molar-refractivity contribution >= 4 is 44.9 Å². The van der Waals surface area contributed by atoms with Crippen LogP contribution in [0, 0.1) is 0 Å². The van der Waals surface area contributed by atoms with Crippen LogP contribution >= 0.6 is 11.8 Å². The molecule has 6 nitrogen and oxygen atoms in total. The third kappa shape index (κ3) is 2.94. The van der Waals surface area contributed by atoms with E-state index in [9.17, 15) is 4.79 Å². The Morgan fingerprint density at radius 2 is 1.82 bits per heavy atom. The van der Waals surface area contributed by atoms with Crippen molar-refractivity contribution in [3.63, 3.8) is 0 Å². The number of aromatic nitrogens is 1. The quantitative estimate of drug-likeness (QED) is 0.536. The molecule has 1 aliphatic heterocycles. The van der Waals surface area contributed by atoms with Crippen LogP contribution in [0.2, 0.25) is 0 Å². The Bertz CT molecular complexity index is 1100. The number of methoxy groups -OCH3 is 2. The summed E-state index contributed by atoms with van der Waals surface area (Å²) in [5.41, 5.74) is 9.66. The number of rotatable bonds is 4. The number of pyridine rings is 1. The molecule has 2 N–H and O–H groups in total. The zero-order valence-corrected chi connectivity index (χ0v) is 17.3. The summed E-state index contributed by atoms with van der Waals surface area (Å²) in [6.07, 6.45) is 0. The second-order valence-corrected chi connectivity index (χ2v) is 8.05. The minimum absolute atomic E-state index is 0.0679. The van der Waals surface area contributed by atoms with Crippen molar-refractivity contribution in [2.24, 2.45) is 0 Å². The standard InChI is InChI=1S/C21H25N3O3S/c1-4-24-16-12-17(23-5-7-28-8-6-23)15(22)11-14(16)21(25)20-18(24)9-13(26-2)10-19(20)27-3/h9-12H,4-8,22H2,1-3H3. The summed E-state index contributed by atoms with van der Waals surface area (Å²) in [5, 5.41) is 1.17. The van der Waals surface area contributed by atoms with Gasteiger partial charge < -0.3 is 24.7 Å². The Morgan fingerprint density at radius 1 is 1.07 bits per heavy atom. The van der Waals surface area contributed by atoms with E-state index >= 15 is 0 Å². The molecule has 0 aliphatic carbocycles. The Balaban J connectivity index is 2.09. The molecule has 1 aliphatic rings. The summed E-state index contributed by atoms with van der Waals surface area (Å²) < 4.78 is 13.1. The normalized spacial score (nSPS) is 14.6. The highest BCUT2D eigenvalue weighted by atomic mass is 32.2. The summed E-state index contributed by atoms with van der Waals surface area (Å²) in [7, 11) is 3.18. The fourth-order valence-electron chi connectivity index (χ4n) is 3.98. The van der Waals surface area contributed by atoms with Gasteiger partial charge in [0.1, 0.15) is 11.5 Å². The highest BCUT2D eigenvalue weighted by Crippen LogP contribution is 2.35. The lowest BCUT2D eigenvalue weighted by Gasteiger charge is -2.30. The molecule has 0 unspecified atom stereocenters. The zero-order chi connectivity index (χ0) is 19.8. The molecule has 7 heteroatoms. The molecular formula is C21H25N3O3S. The lowest BCUT2D eigenvalue weighted by Crippen LogP contribution is -2.33. The first-order chi connectivity index (χ1) is 13.6. The largest absolute Gasteiger partial charge is 0.497 e. The van der Waals surface area contributed by atoms with Gasteiger partial charge in [0.25, 0.3) is 0 Å². The second kappa shape index (κ2) is 7.47. The van der Waals surface area contributed by atoms with Crippen molar-refractivity contribution in [1.82, 2.24) is 4.57 Å². The Morgan fingerprint density at radius 3 is 2.46 bits per heavy atom. The van der Waals surface area contributed by atoms with Gasteiger partial charge in [-0.3, -0.25) is 4.79 Å². The molecule has 0 radical (unpaired) electrons. The summed E-state index contributed by atoms with van der Waals surface area (Å²) >= 11 is 1.96. The summed E-state index contributed by atoms with van der Waals surface area (Å²) in [5.74, 6) is 3.35. The molecule has 0 saturated carbocycles. The second-order valence-electron chi connectivity index (χ2n) is 6.82. The van der Waals surface area contributed by atoms with Crippen LogP contribution in [0.5, 0.6) is 11.5 Å². The predicted octanol–water partition coefficient (Wildman–Crippen LogP) is 3.33. The van der Waals surface area contributed by atoms with E-state index in [0.29, 0.717) is 34.5 Å². The number of ether oxygens (including phenoxy) is 2. The van der Waals surface area contributed by atoms with Gasteiger partial charge in [0.2, 0.25) is 5.43 Å². The first kappa shape index (κ1) is 18.8. The van der Waals surface area contributed by atoms with Crippen LogP contribution in [-0.4, -0.2) is 43.4 Å². The monoisotopic (exact) mass is 399 g/mol. The van der Waals surface area contributed by atoms with Crippen LogP contribution in [0.4, 0.5) is 11.4 Å². The molecule has 0 spiro atoms. The predicted molar refractivity (Wildman–Crippen MR) is 118 cm³/mol. The van der Waals surface area contributed by atoms with Crippen molar-refractivity contribution in [2.45, 2.75) is 13.5 Å². The molecule has 2 aromatic carbocycles. The van der Waals surface area contributed by atoms with E-state index in [-0.39, 0.29) is 5.43 Å². The summed E-state index contributed by atoms with van der Waals surface area (Å²) in [4.78, 5) is 15.7. The number of fused-ring (bicyclic) bond motifs is 2. The van der Waals surface area contributed by atoms with Crippen LogP contribution < -0.4 is 25.5 Å². The maximum atomic E-state index is 13.4. The molecule has 1 aromatic heterocycles. The number of nitrogens with zero attached hydrogens (tertiary/aromatic N) is 2. The highest BCUT2D eigenvalue weighted by Gasteiger charge is 2.20. The molecule has 148 valence electrons. The van der Waals surface area contributed by atoms with Gasteiger partial charge in [0, 0.05) is 48.7 Å². The number of nitrogen functional groups attached to an aromatic ring is 1. The first-order valence-corrected chi connectivity index (χ1v) is 10.6. The van der Waals surface area contributed by atoms with Crippen LogP contribution in [0.15, 0.2) is 29.1 Å². The number of aryl methyl sites for hydroxylation is 1. The first-order valence-electron chi connectivity index (χ1n) is 9.43. The van der Waals surface area contributed by atoms with Gasteiger partial charge in [0.15, 0.2) is 0 Å². The van der Waals surface area contributed by atoms with Gasteiger partial charge >= 0.3 is 0 Å². The van der Waals surface area contributed by atoms with Crippen molar-refractivity contribution in [3.05, 3.63) is 34.5 Å². The van der Waals surface area contributed by atoms with Gasteiger partial charge in [-0.05, 0) is 19.1 Å². The van der Waals surface area contributed by atoms with E-state index in [1.165, 1.54) is 0 Å². The van der Waals surface area contributed by atoms with Crippen molar-refractivity contribution in [3.8, 4) is 11.5 Å². The van der Waals surface area contributed by atoms with Crippen LogP contribution in [0.3, 0.4) is 0 Å². The van der Waals surface area contributed by atoms with Crippen LogP contribution in [-0.2, 0) is 6.54 Å². The van der Waals surface area contributed by atoms with E-state index < -0.39 is 0 Å². The average molecular weight is 400 g/mol. The third-order valence-electron chi connectivity index (χ3n) is 5.38. The zero-order valence-electron chi connectivity index (χ0n) is 16.4. The van der Waals surface area contributed by atoms with Crippen molar-refractivity contribution < 1.29 is 9.47 Å². The fourth-order valence-corrected chi connectivity index (χ4v) is 4.88. The molecule has 1 fully saturated rings. The van der Waals surface area contributed by atoms with Gasteiger partial charge in [-0.15, -0.1) is 0 Å². The number of benzene rings is 2. The minimum Gasteiger partial charge on any atom is -0.497 e. The highest BCUT2D eigenvalue weighted by molar-refractivity contribution is 7.99. The Kier molecular flexibility index (Phi) is 5.02. The molecule has 4 rings (SSSR count). The van der Waals surface area contributed by atoms with E-state index in [0.717, 1.165) is 41.3 Å². The molecule has 0 bridgehead atoms. The van der Waals surface area contributed by atoms with Crippen LogP contribution in [0.25, 0.3) is 21.8 Å². The average Bonchev–Trinajstić information content (AvgIpc) is 2.73. The molecule has 28 heavy (non-hydrogen) atoms. The number of hydrogen-bond acceptors (Lipinski definition) is 6. The number of nitrogens with two attached hydrogens (primary N) is 1. The summed E-state index contributed by atoms with van der Waals surface area (Å²) in [6.45, 7) is 4.71. The van der Waals surface area contributed by atoms with E-state index in [1.807, 2.05) is 23.9 Å². The Labute approximate surface area is 168 Å². The van der Waals surface area contributed by atoms with Gasteiger partial charge in [-0.25, -0.2) is 0 Å². The van der Waals surface area contributed by atoms with Gasteiger partial charge in [-0.2, -0.15) is 11.8 Å². The number of hydrogen-bond donors (Lipinski definition) is 1. The topological polar surface area (TPSA) is 69.7 Å². The smallest absolute Gasteiger partial charge is 0.201 e. The summed E-state index contributed by atoms with van der Waals surface area (Å²) in [6, 6.07) is 7.54. The number of thioether (sulfide) groups is 1. The molecule has 2 heterocycles. The van der Waals surface area contributed by atoms with Gasteiger partial charge in [0.05, 0.1) is 42.0 Å². The van der Waals surface area contributed by atoms with E-state index in [4.69, 9.17) is 15.2 Å². The maximum absolute atomic E-state index is 13.4. The lowest BCUT2D eigenvalue weighted by molar-refractivity contribution is 0.397. The third-order valence-corrected chi connectivity index (χ3v) is 6.32. The molecule has 3 aromatic rings. The van der Waals surface area contributed by atoms with Crippen LogP contribution in [0.1, 0.15) is 6.92 Å². The molecule has 0 atom stereocenters. The minimum atomic E-state index is -0.0679. The van der Waals surface area contributed by atoms with E-state index in [1.54, 1.807) is 20.3 Å². The lowest BCUT2D eigenvalue weighted by atomic mass is 10.1. The molecule has 1 saturated heterocycles. The maximum Gasteiger partial charge on any atom is 0.201 e. The van der Waals surface area contributed by atoms with E-state index in [2.05, 4.69) is 22.5 Å².